The van der Waals surface area contributed by atoms with Crippen LogP contribution in [0.1, 0.15) is 24.6 Å². The van der Waals surface area contributed by atoms with Crippen molar-refractivity contribution < 1.29 is 4.74 Å². The molecule has 3 nitrogen and oxygen atoms in total. The van der Waals surface area contributed by atoms with Crippen molar-refractivity contribution in [1.82, 2.24) is 4.90 Å². The molecule has 0 amide bonds. The molecule has 1 aromatic heterocycles. The Morgan fingerprint density at radius 2 is 2.33 bits per heavy atom. The third kappa shape index (κ3) is 2.96. The largest absolute Gasteiger partial charge is 0.378 e. The number of thiophene rings is 1. The van der Waals surface area contributed by atoms with Crippen LogP contribution in [0, 0.1) is 0 Å². The third-order valence-electron chi connectivity index (χ3n) is 3.82. The highest BCUT2D eigenvalue weighted by Crippen LogP contribution is 2.39. The fourth-order valence-corrected chi connectivity index (χ4v) is 4.12. The zero-order chi connectivity index (χ0) is 13.2. The number of hydrogen-bond donors (Lipinski definition) is 1. The molecule has 1 aromatic rings. The Bertz CT molecular complexity index is 390. The van der Waals surface area contributed by atoms with E-state index in [9.17, 15) is 0 Å². The van der Waals surface area contributed by atoms with Gasteiger partial charge in [0.2, 0.25) is 0 Å². The Balaban J connectivity index is 1.93. The highest BCUT2D eigenvalue weighted by molar-refractivity contribution is 9.10. The summed E-state index contributed by atoms with van der Waals surface area (Å²) in [6.45, 7) is 4.52. The minimum absolute atomic E-state index is 0.135. The van der Waals surface area contributed by atoms with E-state index >= 15 is 0 Å². The predicted molar refractivity (Wildman–Crippen MR) is 79.9 cm³/mol. The van der Waals surface area contributed by atoms with Gasteiger partial charge in [-0.05, 0) is 48.8 Å². The fourth-order valence-electron chi connectivity index (χ4n) is 2.61. The summed E-state index contributed by atoms with van der Waals surface area (Å²) < 4.78 is 6.82. The molecule has 1 fully saturated rings. The highest BCUT2D eigenvalue weighted by Gasteiger charge is 2.46. The van der Waals surface area contributed by atoms with E-state index in [1.807, 2.05) is 0 Å². The zero-order valence-corrected chi connectivity index (χ0v) is 13.4. The first-order valence-electron chi connectivity index (χ1n) is 6.35. The Morgan fingerprint density at radius 3 is 2.83 bits per heavy atom. The fraction of sp³-hybridized carbons (Fsp3) is 0.692. The van der Waals surface area contributed by atoms with Crippen molar-refractivity contribution in [2.75, 3.05) is 20.2 Å². The van der Waals surface area contributed by atoms with Gasteiger partial charge in [0.25, 0.3) is 0 Å². The monoisotopic (exact) mass is 332 g/mol. The third-order valence-corrected chi connectivity index (χ3v) is 5.50. The molecule has 0 atom stereocenters. The van der Waals surface area contributed by atoms with E-state index in [4.69, 9.17) is 10.5 Å². The van der Waals surface area contributed by atoms with Crippen molar-refractivity contribution in [3.8, 4) is 0 Å². The number of nitrogens with two attached hydrogens (primary N) is 1. The van der Waals surface area contributed by atoms with Crippen LogP contribution in [0.15, 0.2) is 15.9 Å². The second kappa shape index (κ2) is 6.01. The van der Waals surface area contributed by atoms with Gasteiger partial charge in [-0.2, -0.15) is 0 Å². The van der Waals surface area contributed by atoms with Crippen LogP contribution in [0.2, 0.25) is 0 Å². The van der Waals surface area contributed by atoms with Gasteiger partial charge in [0.15, 0.2) is 0 Å². The van der Waals surface area contributed by atoms with Crippen LogP contribution in [0.4, 0.5) is 0 Å². The molecule has 0 aromatic carbocycles. The quantitative estimate of drug-likeness (QED) is 0.870. The lowest BCUT2D eigenvalue weighted by Crippen LogP contribution is -2.62. The first kappa shape index (κ1) is 14.5. The predicted octanol–water partition coefficient (Wildman–Crippen LogP) is 2.84. The van der Waals surface area contributed by atoms with Gasteiger partial charge in [-0.15, -0.1) is 11.3 Å². The topological polar surface area (TPSA) is 38.5 Å². The molecule has 18 heavy (non-hydrogen) atoms. The van der Waals surface area contributed by atoms with Crippen LogP contribution in [-0.2, 0) is 11.3 Å². The molecule has 0 unspecified atom stereocenters. The second-order valence-electron chi connectivity index (χ2n) is 5.00. The number of halogens is 1. The molecular formula is C13H21BrN2OS. The van der Waals surface area contributed by atoms with Gasteiger partial charge in [0.05, 0.1) is 6.10 Å². The normalized spacial score (nSPS) is 27.5. The van der Waals surface area contributed by atoms with E-state index in [0.29, 0.717) is 12.6 Å². The van der Waals surface area contributed by atoms with Gasteiger partial charge in [-0.3, -0.25) is 4.90 Å². The molecular weight excluding hydrogens is 312 g/mol. The maximum atomic E-state index is 5.98. The summed E-state index contributed by atoms with van der Waals surface area (Å²) in [5, 5.41) is 2.13. The molecule has 0 aliphatic heterocycles. The summed E-state index contributed by atoms with van der Waals surface area (Å²) in [4.78, 5) is 3.76. The van der Waals surface area contributed by atoms with Crippen LogP contribution in [0.3, 0.4) is 0 Å². The first-order chi connectivity index (χ1) is 8.59. The second-order valence-corrected chi connectivity index (χ2v) is 6.91. The number of rotatable bonds is 6. The summed E-state index contributed by atoms with van der Waals surface area (Å²) in [7, 11) is 2.17. The lowest BCUT2D eigenvalue weighted by Gasteiger charge is -2.52. The smallest absolute Gasteiger partial charge is 0.0611 e. The van der Waals surface area contributed by atoms with E-state index in [-0.39, 0.29) is 5.54 Å². The van der Waals surface area contributed by atoms with Crippen molar-refractivity contribution in [1.29, 1.82) is 0 Å². The summed E-state index contributed by atoms with van der Waals surface area (Å²) >= 11 is 5.29. The van der Waals surface area contributed by atoms with Crippen molar-refractivity contribution in [3.63, 3.8) is 0 Å². The van der Waals surface area contributed by atoms with E-state index < -0.39 is 0 Å². The summed E-state index contributed by atoms with van der Waals surface area (Å²) in [5.74, 6) is 0. The van der Waals surface area contributed by atoms with Gasteiger partial charge < -0.3 is 10.5 Å². The minimum atomic E-state index is 0.135. The Hall–Kier alpha value is 0.0600. The molecule has 0 bridgehead atoms. The number of hydrogen-bond acceptors (Lipinski definition) is 4. The molecule has 0 spiro atoms. The van der Waals surface area contributed by atoms with Crippen LogP contribution < -0.4 is 5.73 Å². The van der Waals surface area contributed by atoms with Gasteiger partial charge >= 0.3 is 0 Å². The van der Waals surface area contributed by atoms with Crippen LogP contribution >= 0.6 is 27.3 Å². The van der Waals surface area contributed by atoms with Gasteiger partial charge in [-0.25, -0.2) is 0 Å². The lowest BCUT2D eigenvalue weighted by atomic mass is 9.73. The lowest BCUT2D eigenvalue weighted by molar-refractivity contribution is -0.0945. The van der Waals surface area contributed by atoms with Crippen LogP contribution in [0.5, 0.6) is 0 Å². The SMILES string of the molecule is CCOC1CC(CN)(N(C)Cc2cc(Br)cs2)C1. The summed E-state index contributed by atoms with van der Waals surface area (Å²) in [6, 6.07) is 2.18. The molecule has 2 N–H and O–H groups in total. The van der Waals surface area contributed by atoms with Crippen LogP contribution in [-0.4, -0.2) is 36.7 Å². The maximum absolute atomic E-state index is 5.98. The average Bonchev–Trinajstić information content (AvgIpc) is 2.68. The number of likely N-dealkylation sites (N-methyl/N-ethyl adjacent to an activating group) is 1. The standard InChI is InChI=1S/C13H21BrN2OS/c1-3-17-11-5-13(6-11,9-15)16(2)7-12-4-10(14)8-18-12/h4,8,11H,3,5-7,9,15H2,1-2H3. The first-order valence-corrected chi connectivity index (χ1v) is 8.02. The molecule has 1 aliphatic carbocycles. The Kier molecular flexibility index (Phi) is 4.83. The molecule has 1 saturated carbocycles. The maximum Gasteiger partial charge on any atom is 0.0611 e. The van der Waals surface area contributed by atoms with Gasteiger partial charge in [0, 0.05) is 40.0 Å². The van der Waals surface area contributed by atoms with Gasteiger partial charge in [-0.1, -0.05) is 0 Å². The minimum Gasteiger partial charge on any atom is -0.378 e. The van der Waals surface area contributed by atoms with E-state index in [1.54, 1.807) is 11.3 Å². The van der Waals surface area contributed by atoms with Crippen molar-refractivity contribution in [2.45, 2.75) is 38.0 Å². The molecule has 1 aliphatic rings. The number of ether oxygens (including phenoxy) is 1. The molecule has 1 heterocycles. The Labute approximate surface area is 121 Å². The van der Waals surface area contributed by atoms with E-state index in [1.165, 1.54) is 9.35 Å². The summed E-state index contributed by atoms with van der Waals surface area (Å²) in [5.41, 5.74) is 6.12. The molecule has 102 valence electrons. The average molecular weight is 333 g/mol. The van der Waals surface area contributed by atoms with Crippen molar-refractivity contribution in [3.05, 3.63) is 20.8 Å². The molecule has 2 rings (SSSR count). The van der Waals surface area contributed by atoms with E-state index in [2.05, 4.69) is 46.2 Å². The molecule has 0 saturated heterocycles. The van der Waals surface area contributed by atoms with Crippen LogP contribution in [0.25, 0.3) is 0 Å². The van der Waals surface area contributed by atoms with Crippen molar-refractivity contribution >= 4 is 27.3 Å². The van der Waals surface area contributed by atoms with Gasteiger partial charge in [0.1, 0.15) is 0 Å². The van der Waals surface area contributed by atoms with Crippen molar-refractivity contribution in [2.24, 2.45) is 5.73 Å². The van der Waals surface area contributed by atoms with E-state index in [0.717, 1.165) is 26.0 Å². The molecule has 5 heteroatoms. The molecule has 0 radical (unpaired) electrons. The number of nitrogens with zero attached hydrogens (tertiary/aromatic N) is 1. The zero-order valence-electron chi connectivity index (χ0n) is 11.0. The summed E-state index contributed by atoms with van der Waals surface area (Å²) in [6.07, 6.45) is 2.51. The Morgan fingerprint density at radius 1 is 1.61 bits per heavy atom. The highest BCUT2D eigenvalue weighted by atomic mass is 79.9.